The van der Waals surface area contributed by atoms with E-state index in [1.165, 1.54) is 30.0 Å². The Kier molecular flexibility index (Phi) is 5.13. The summed E-state index contributed by atoms with van der Waals surface area (Å²) in [7, 11) is 0. The monoisotopic (exact) mass is 359 g/mol. The number of aromatic nitrogens is 3. The van der Waals surface area contributed by atoms with Crippen LogP contribution in [0.2, 0.25) is 0 Å². The van der Waals surface area contributed by atoms with Crippen LogP contribution in [0.1, 0.15) is 24.6 Å². The van der Waals surface area contributed by atoms with Gasteiger partial charge < -0.3 is 9.88 Å². The van der Waals surface area contributed by atoms with Gasteiger partial charge in [0.1, 0.15) is 5.82 Å². The highest BCUT2D eigenvalue weighted by Crippen LogP contribution is 2.40. The average molecular weight is 359 g/mol. The molecule has 1 aromatic heterocycles. The van der Waals surface area contributed by atoms with Crippen LogP contribution in [0.4, 0.5) is 11.4 Å². The van der Waals surface area contributed by atoms with E-state index < -0.39 is 4.92 Å². The lowest BCUT2D eigenvalue weighted by molar-refractivity contribution is -0.384. The van der Waals surface area contributed by atoms with Crippen molar-refractivity contribution in [1.29, 1.82) is 0 Å². The van der Waals surface area contributed by atoms with Crippen LogP contribution in [0.15, 0.2) is 42.1 Å². The molecule has 0 spiro atoms. The summed E-state index contributed by atoms with van der Waals surface area (Å²) in [5.41, 5.74) is 0.330. The Morgan fingerprint density at radius 3 is 2.96 bits per heavy atom. The van der Waals surface area contributed by atoms with Crippen molar-refractivity contribution in [3.8, 4) is 0 Å². The summed E-state index contributed by atoms with van der Waals surface area (Å²) in [6, 6.07) is 5.85. The Labute approximate surface area is 148 Å². The zero-order valence-corrected chi connectivity index (χ0v) is 14.2. The maximum absolute atomic E-state index is 12.1. The van der Waals surface area contributed by atoms with E-state index >= 15 is 0 Å². The highest BCUT2D eigenvalue weighted by atomic mass is 32.2. The Bertz CT molecular complexity index is 816. The highest BCUT2D eigenvalue weighted by Gasteiger charge is 2.30. The number of carbonyl (C=O) groups is 1. The van der Waals surface area contributed by atoms with Crippen LogP contribution in [-0.2, 0) is 11.3 Å². The molecule has 0 saturated heterocycles. The molecular weight excluding hydrogens is 342 g/mol. The Hall–Kier alpha value is -2.68. The molecule has 0 aliphatic heterocycles. The van der Waals surface area contributed by atoms with Gasteiger partial charge in [0, 0.05) is 30.3 Å². The van der Waals surface area contributed by atoms with Gasteiger partial charge in [-0.3, -0.25) is 14.9 Å². The third-order valence-corrected chi connectivity index (χ3v) is 4.64. The zero-order valence-electron chi connectivity index (χ0n) is 13.4. The minimum absolute atomic E-state index is 0.0646. The smallest absolute Gasteiger partial charge is 0.271 e. The molecule has 3 rings (SSSR count). The fourth-order valence-corrected chi connectivity index (χ4v) is 3.13. The Morgan fingerprint density at radius 1 is 1.48 bits per heavy atom. The number of hydrogen-bond acceptors (Lipinski definition) is 6. The predicted molar refractivity (Wildman–Crippen MR) is 94.6 cm³/mol. The molecule has 1 aliphatic rings. The SMILES string of the molecule is C=CCn1c(SCC(=O)Nc2cccc([N+](=O)[O-])c2)nnc1C1CC1. The number of benzene rings is 1. The summed E-state index contributed by atoms with van der Waals surface area (Å²) in [5, 5.41) is 22.5. The van der Waals surface area contributed by atoms with Crippen molar-refractivity contribution >= 4 is 29.0 Å². The van der Waals surface area contributed by atoms with Crippen LogP contribution >= 0.6 is 11.8 Å². The van der Waals surface area contributed by atoms with Gasteiger partial charge in [-0.25, -0.2) is 0 Å². The highest BCUT2D eigenvalue weighted by molar-refractivity contribution is 7.99. The lowest BCUT2D eigenvalue weighted by atomic mass is 10.3. The fraction of sp³-hybridized carbons (Fsp3) is 0.312. The molecule has 130 valence electrons. The first-order valence-electron chi connectivity index (χ1n) is 7.79. The predicted octanol–water partition coefficient (Wildman–Crippen LogP) is 2.98. The number of allylic oxidation sites excluding steroid dienone is 1. The topological polar surface area (TPSA) is 103 Å². The molecular formula is C16H17N5O3S. The van der Waals surface area contributed by atoms with Crippen LogP contribution in [0.3, 0.4) is 0 Å². The number of amides is 1. The molecule has 2 aromatic rings. The van der Waals surface area contributed by atoms with E-state index in [2.05, 4.69) is 22.1 Å². The summed E-state index contributed by atoms with van der Waals surface area (Å²) in [4.78, 5) is 22.4. The molecule has 1 amide bonds. The van der Waals surface area contributed by atoms with Gasteiger partial charge in [0.2, 0.25) is 5.91 Å². The second-order valence-electron chi connectivity index (χ2n) is 5.66. The van der Waals surface area contributed by atoms with E-state index in [9.17, 15) is 14.9 Å². The molecule has 1 fully saturated rings. The molecule has 9 heteroatoms. The van der Waals surface area contributed by atoms with E-state index in [1.807, 2.05) is 4.57 Å². The van der Waals surface area contributed by atoms with Gasteiger partial charge in [-0.05, 0) is 18.9 Å². The molecule has 1 heterocycles. The largest absolute Gasteiger partial charge is 0.325 e. The lowest BCUT2D eigenvalue weighted by Gasteiger charge is -2.07. The van der Waals surface area contributed by atoms with Crippen LogP contribution in [0.25, 0.3) is 0 Å². The number of thioether (sulfide) groups is 1. The van der Waals surface area contributed by atoms with Gasteiger partial charge in [0.05, 0.1) is 10.7 Å². The quantitative estimate of drug-likeness (QED) is 0.336. The number of nitro benzene ring substituents is 1. The first-order valence-corrected chi connectivity index (χ1v) is 8.78. The number of nitrogens with one attached hydrogen (secondary N) is 1. The van der Waals surface area contributed by atoms with Gasteiger partial charge in [0.25, 0.3) is 5.69 Å². The van der Waals surface area contributed by atoms with E-state index in [0.717, 1.165) is 18.7 Å². The van der Waals surface area contributed by atoms with Crippen LogP contribution in [0, 0.1) is 10.1 Å². The molecule has 1 saturated carbocycles. The molecule has 1 aromatic carbocycles. The third kappa shape index (κ3) is 4.24. The maximum Gasteiger partial charge on any atom is 0.271 e. The molecule has 0 bridgehead atoms. The summed E-state index contributed by atoms with van der Waals surface area (Å²) in [6.07, 6.45) is 4.02. The van der Waals surface area contributed by atoms with Crippen molar-refractivity contribution in [2.75, 3.05) is 11.1 Å². The standard InChI is InChI=1S/C16H17N5O3S/c1-2-8-20-15(11-6-7-11)18-19-16(20)25-10-14(22)17-12-4-3-5-13(9-12)21(23)24/h2-5,9,11H,1,6-8,10H2,(H,17,22). The summed E-state index contributed by atoms with van der Waals surface area (Å²) in [5.74, 6) is 1.29. The molecule has 0 radical (unpaired) electrons. The van der Waals surface area contributed by atoms with E-state index in [0.29, 0.717) is 23.3 Å². The van der Waals surface area contributed by atoms with E-state index in [1.54, 1.807) is 12.1 Å². The van der Waals surface area contributed by atoms with Crippen molar-refractivity contribution in [2.45, 2.75) is 30.5 Å². The molecule has 25 heavy (non-hydrogen) atoms. The number of anilines is 1. The minimum Gasteiger partial charge on any atom is -0.325 e. The first kappa shape index (κ1) is 17.2. The van der Waals surface area contributed by atoms with Crippen LogP contribution in [0.5, 0.6) is 0 Å². The van der Waals surface area contributed by atoms with Gasteiger partial charge in [-0.2, -0.15) is 0 Å². The number of carbonyl (C=O) groups excluding carboxylic acids is 1. The van der Waals surface area contributed by atoms with Crippen molar-refractivity contribution in [2.24, 2.45) is 0 Å². The normalized spacial score (nSPS) is 13.4. The van der Waals surface area contributed by atoms with E-state index in [-0.39, 0.29) is 17.3 Å². The van der Waals surface area contributed by atoms with Gasteiger partial charge in [-0.15, -0.1) is 16.8 Å². The Morgan fingerprint density at radius 2 is 2.28 bits per heavy atom. The third-order valence-electron chi connectivity index (χ3n) is 3.67. The van der Waals surface area contributed by atoms with Gasteiger partial charge in [-0.1, -0.05) is 23.9 Å². The number of hydrogen-bond donors (Lipinski definition) is 1. The summed E-state index contributed by atoms with van der Waals surface area (Å²) < 4.78 is 1.98. The van der Waals surface area contributed by atoms with Crippen molar-refractivity contribution in [3.05, 3.63) is 52.9 Å². The number of nitro groups is 1. The number of nitrogens with zero attached hydrogens (tertiary/aromatic N) is 4. The Balaban J connectivity index is 1.62. The summed E-state index contributed by atoms with van der Waals surface area (Å²) in [6.45, 7) is 4.36. The van der Waals surface area contributed by atoms with Crippen molar-refractivity contribution in [1.82, 2.24) is 14.8 Å². The second-order valence-corrected chi connectivity index (χ2v) is 6.60. The molecule has 8 nitrogen and oxygen atoms in total. The van der Waals surface area contributed by atoms with Crippen LogP contribution in [-0.4, -0.2) is 31.3 Å². The summed E-state index contributed by atoms with van der Waals surface area (Å²) >= 11 is 1.29. The van der Waals surface area contributed by atoms with Crippen LogP contribution < -0.4 is 5.32 Å². The molecule has 0 atom stereocenters. The lowest BCUT2D eigenvalue weighted by Crippen LogP contribution is -2.15. The zero-order chi connectivity index (χ0) is 17.8. The fourth-order valence-electron chi connectivity index (χ4n) is 2.38. The molecule has 0 unspecified atom stereocenters. The molecule has 1 N–H and O–H groups in total. The second kappa shape index (κ2) is 7.47. The minimum atomic E-state index is -0.498. The molecule has 1 aliphatic carbocycles. The average Bonchev–Trinajstić information content (AvgIpc) is 3.36. The van der Waals surface area contributed by atoms with Crippen molar-refractivity contribution in [3.63, 3.8) is 0 Å². The first-order chi connectivity index (χ1) is 12.1. The number of rotatable bonds is 8. The van der Waals surface area contributed by atoms with Gasteiger partial charge >= 0.3 is 0 Å². The van der Waals surface area contributed by atoms with E-state index in [4.69, 9.17) is 0 Å². The van der Waals surface area contributed by atoms with Crippen molar-refractivity contribution < 1.29 is 9.72 Å². The number of non-ortho nitro benzene ring substituents is 1. The van der Waals surface area contributed by atoms with Gasteiger partial charge in [0.15, 0.2) is 5.16 Å². The maximum atomic E-state index is 12.1.